The van der Waals surface area contributed by atoms with E-state index in [-0.39, 0.29) is 11.3 Å². The Morgan fingerprint density at radius 1 is 0.765 bits per heavy atom. The van der Waals surface area contributed by atoms with E-state index in [1.165, 1.54) is 25.6 Å². The predicted molar refractivity (Wildman–Crippen MR) is 133 cm³/mol. The molecule has 0 saturated carbocycles. The topological polar surface area (TPSA) is 121 Å². The van der Waals surface area contributed by atoms with Crippen molar-refractivity contribution in [2.24, 2.45) is 0 Å². The molecule has 1 aromatic carbocycles. The lowest BCUT2D eigenvalue weighted by Crippen LogP contribution is -2.38. The van der Waals surface area contributed by atoms with Crippen molar-refractivity contribution in [3.05, 3.63) is 42.5 Å². The number of unbranched alkanes of at least 4 members (excludes halogenated alkanes) is 9. The standard InChI is InChI=1S/C25H39N3O5S/c1-26-24(30)25(31)27-21-17-12-10-8-6-4-2-3-5-7-9-11-16-20-23(29)28-34(32,33)22-18-14-13-15-19-22/h6,8,13-15,18-19H,2-5,7,9-12,16-17,20-21H2,1H3,(H,26,30)(H,27,31)(H,28,29)/b8-6-. The van der Waals surface area contributed by atoms with Crippen molar-refractivity contribution < 1.29 is 22.8 Å². The normalized spacial score (nSPS) is 11.3. The first-order valence-electron chi connectivity index (χ1n) is 12.1. The number of likely N-dealkylation sites (N-methyl/N-ethyl adjacent to an activating group) is 1. The molecule has 3 amide bonds. The van der Waals surface area contributed by atoms with E-state index in [4.69, 9.17) is 0 Å². The number of allylic oxidation sites excluding steroid dienone is 2. The fourth-order valence-corrected chi connectivity index (χ4v) is 4.34. The van der Waals surface area contributed by atoms with E-state index < -0.39 is 27.7 Å². The molecule has 0 aliphatic rings. The van der Waals surface area contributed by atoms with E-state index in [0.717, 1.165) is 57.8 Å². The second-order valence-electron chi connectivity index (χ2n) is 8.16. The van der Waals surface area contributed by atoms with Crippen LogP contribution in [0.2, 0.25) is 0 Å². The van der Waals surface area contributed by atoms with Gasteiger partial charge in [0, 0.05) is 20.0 Å². The summed E-state index contributed by atoms with van der Waals surface area (Å²) in [5.41, 5.74) is 0. The molecule has 0 atom stereocenters. The summed E-state index contributed by atoms with van der Waals surface area (Å²) in [6.07, 6.45) is 15.7. The molecular weight excluding hydrogens is 454 g/mol. The molecule has 0 unspecified atom stereocenters. The Kier molecular flexibility index (Phi) is 15.3. The highest BCUT2D eigenvalue weighted by Gasteiger charge is 2.16. The number of amides is 3. The number of rotatable bonds is 17. The Bertz CT molecular complexity index is 870. The van der Waals surface area contributed by atoms with Gasteiger partial charge in [-0.2, -0.15) is 0 Å². The highest BCUT2D eigenvalue weighted by molar-refractivity contribution is 7.90. The van der Waals surface area contributed by atoms with Crippen LogP contribution in [0.1, 0.15) is 77.0 Å². The minimum Gasteiger partial charge on any atom is -0.351 e. The molecule has 34 heavy (non-hydrogen) atoms. The van der Waals surface area contributed by atoms with Crippen LogP contribution in [0.5, 0.6) is 0 Å². The average molecular weight is 494 g/mol. The van der Waals surface area contributed by atoms with Gasteiger partial charge >= 0.3 is 11.8 Å². The molecule has 1 rings (SSSR count). The zero-order valence-electron chi connectivity index (χ0n) is 20.2. The maximum atomic E-state index is 12.1. The van der Waals surface area contributed by atoms with E-state index in [2.05, 4.69) is 27.5 Å². The zero-order valence-corrected chi connectivity index (χ0v) is 21.0. The third-order valence-corrected chi connectivity index (χ3v) is 6.65. The largest absolute Gasteiger partial charge is 0.351 e. The zero-order chi connectivity index (χ0) is 25.1. The minimum atomic E-state index is -3.77. The van der Waals surface area contributed by atoms with Gasteiger partial charge in [-0.25, -0.2) is 13.1 Å². The lowest BCUT2D eigenvalue weighted by Gasteiger charge is -2.06. The molecule has 0 radical (unpaired) electrons. The fourth-order valence-electron chi connectivity index (χ4n) is 3.31. The summed E-state index contributed by atoms with van der Waals surface area (Å²) < 4.78 is 26.3. The number of carbonyl (C=O) groups excluding carboxylic acids is 3. The maximum absolute atomic E-state index is 12.1. The molecule has 0 aliphatic heterocycles. The summed E-state index contributed by atoms with van der Waals surface area (Å²) in [5.74, 6) is -1.65. The Hall–Kier alpha value is -2.68. The molecule has 3 N–H and O–H groups in total. The van der Waals surface area contributed by atoms with E-state index in [9.17, 15) is 22.8 Å². The number of hydrogen-bond acceptors (Lipinski definition) is 5. The van der Waals surface area contributed by atoms with Crippen LogP contribution in [0.25, 0.3) is 0 Å². The molecule has 0 aromatic heterocycles. The molecule has 0 bridgehead atoms. The molecule has 190 valence electrons. The Labute approximate surface area is 204 Å². The van der Waals surface area contributed by atoms with Gasteiger partial charge in [0.25, 0.3) is 10.0 Å². The second-order valence-corrected chi connectivity index (χ2v) is 9.84. The third-order valence-electron chi connectivity index (χ3n) is 5.26. The molecular formula is C25H39N3O5S. The number of benzene rings is 1. The van der Waals surface area contributed by atoms with Crippen molar-refractivity contribution in [3.63, 3.8) is 0 Å². The van der Waals surface area contributed by atoms with Gasteiger partial charge in [0.2, 0.25) is 5.91 Å². The summed E-state index contributed by atoms with van der Waals surface area (Å²) in [6.45, 7) is 0.511. The number of carbonyl (C=O) groups is 3. The van der Waals surface area contributed by atoms with E-state index in [1.807, 2.05) is 0 Å². The van der Waals surface area contributed by atoms with Crippen molar-refractivity contribution in [2.75, 3.05) is 13.6 Å². The van der Waals surface area contributed by atoms with Crippen molar-refractivity contribution in [1.82, 2.24) is 15.4 Å². The van der Waals surface area contributed by atoms with Gasteiger partial charge in [0.15, 0.2) is 0 Å². The first kappa shape index (κ1) is 29.4. The molecule has 9 heteroatoms. The molecule has 0 saturated heterocycles. The van der Waals surface area contributed by atoms with Crippen LogP contribution in [0.4, 0.5) is 0 Å². The number of nitrogens with one attached hydrogen (secondary N) is 3. The molecule has 0 fully saturated rings. The highest BCUT2D eigenvalue weighted by atomic mass is 32.2. The molecule has 0 aliphatic carbocycles. The van der Waals surface area contributed by atoms with Crippen LogP contribution in [-0.2, 0) is 24.4 Å². The Balaban J connectivity index is 1.92. The van der Waals surface area contributed by atoms with Crippen LogP contribution in [0.15, 0.2) is 47.4 Å². The first-order chi connectivity index (χ1) is 16.4. The van der Waals surface area contributed by atoms with Crippen LogP contribution < -0.4 is 15.4 Å². The van der Waals surface area contributed by atoms with Crippen molar-refractivity contribution >= 4 is 27.7 Å². The van der Waals surface area contributed by atoms with Crippen LogP contribution >= 0.6 is 0 Å². The smallest absolute Gasteiger partial charge is 0.309 e. The number of sulfonamides is 1. The van der Waals surface area contributed by atoms with Crippen LogP contribution in [-0.4, -0.2) is 39.7 Å². The average Bonchev–Trinajstić information content (AvgIpc) is 2.83. The fraction of sp³-hybridized carbons (Fsp3) is 0.560. The van der Waals surface area contributed by atoms with E-state index in [1.54, 1.807) is 18.2 Å². The summed E-state index contributed by atoms with van der Waals surface area (Å²) in [6, 6.07) is 7.91. The van der Waals surface area contributed by atoms with E-state index >= 15 is 0 Å². The van der Waals surface area contributed by atoms with Crippen molar-refractivity contribution in [1.29, 1.82) is 0 Å². The molecule has 0 spiro atoms. The van der Waals surface area contributed by atoms with Gasteiger partial charge in [-0.05, 0) is 50.7 Å². The first-order valence-corrected chi connectivity index (χ1v) is 13.6. The van der Waals surface area contributed by atoms with Crippen LogP contribution in [0, 0.1) is 0 Å². The SMILES string of the molecule is CNC(=O)C(=O)NCCCC/C=C\CCCCCCCCCC(=O)NS(=O)(=O)c1ccccc1. The highest BCUT2D eigenvalue weighted by Crippen LogP contribution is 2.11. The van der Waals surface area contributed by atoms with Crippen molar-refractivity contribution in [2.45, 2.75) is 81.9 Å². The summed E-state index contributed by atoms with van der Waals surface area (Å²) in [7, 11) is -2.34. The minimum absolute atomic E-state index is 0.0997. The van der Waals surface area contributed by atoms with Gasteiger partial charge in [-0.15, -0.1) is 0 Å². The summed E-state index contributed by atoms with van der Waals surface area (Å²) in [5, 5.41) is 4.87. The lowest BCUT2D eigenvalue weighted by molar-refractivity contribution is -0.138. The lowest BCUT2D eigenvalue weighted by atomic mass is 10.1. The Morgan fingerprint density at radius 2 is 1.32 bits per heavy atom. The molecule has 0 heterocycles. The van der Waals surface area contributed by atoms with E-state index in [0.29, 0.717) is 13.0 Å². The van der Waals surface area contributed by atoms with Gasteiger partial charge in [0.05, 0.1) is 4.90 Å². The quantitative estimate of drug-likeness (QED) is 0.174. The predicted octanol–water partition coefficient (Wildman–Crippen LogP) is 3.59. The molecule has 1 aromatic rings. The third kappa shape index (κ3) is 13.8. The second kappa shape index (κ2) is 17.8. The van der Waals surface area contributed by atoms with Gasteiger partial charge in [-0.1, -0.05) is 62.5 Å². The van der Waals surface area contributed by atoms with Crippen molar-refractivity contribution in [3.8, 4) is 0 Å². The van der Waals surface area contributed by atoms with Gasteiger partial charge < -0.3 is 10.6 Å². The monoisotopic (exact) mass is 493 g/mol. The number of hydrogen-bond donors (Lipinski definition) is 3. The van der Waals surface area contributed by atoms with Gasteiger partial charge in [-0.3, -0.25) is 14.4 Å². The molecule has 8 nitrogen and oxygen atoms in total. The van der Waals surface area contributed by atoms with Crippen LogP contribution in [0.3, 0.4) is 0 Å². The summed E-state index contributed by atoms with van der Waals surface area (Å²) in [4.78, 5) is 34.3. The van der Waals surface area contributed by atoms with Gasteiger partial charge in [0.1, 0.15) is 0 Å². The Morgan fingerprint density at radius 3 is 1.94 bits per heavy atom. The maximum Gasteiger partial charge on any atom is 0.309 e. The summed E-state index contributed by atoms with van der Waals surface area (Å²) >= 11 is 0.